The molecule has 0 saturated heterocycles. The second-order valence-corrected chi connectivity index (χ2v) is 6.76. The summed E-state index contributed by atoms with van der Waals surface area (Å²) in [6.45, 7) is 7.49. The minimum absolute atomic E-state index is 0.445. The van der Waals surface area contributed by atoms with Crippen LogP contribution in [0.3, 0.4) is 0 Å². The number of hydrogen-bond donors (Lipinski definition) is 1. The highest BCUT2D eigenvalue weighted by Crippen LogP contribution is 2.21. The quantitative estimate of drug-likeness (QED) is 0.834. The van der Waals surface area contributed by atoms with E-state index in [0.717, 1.165) is 23.1 Å². The van der Waals surface area contributed by atoms with Crippen molar-refractivity contribution >= 4 is 15.9 Å². The van der Waals surface area contributed by atoms with Gasteiger partial charge in [-0.05, 0) is 47.0 Å². The fourth-order valence-electron chi connectivity index (χ4n) is 2.39. The van der Waals surface area contributed by atoms with Crippen LogP contribution < -0.4 is 5.32 Å². The maximum atomic E-state index is 4.52. The lowest BCUT2D eigenvalue weighted by molar-refractivity contribution is 0.524. The number of nitrogens with zero attached hydrogens (tertiary/aromatic N) is 1. The topological polar surface area (TPSA) is 24.9 Å². The number of nitrogens with one attached hydrogen (secondary N) is 1. The highest BCUT2D eigenvalue weighted by atomic mass is 79.9. The van der Waals surface area contributed by atoms with Crippen LogP contribution in [0.1, 0.15) is 36.6 Å². The van der Waals surface area contributed by atoms with E-state index in [0.29, 0.717) is 12.0 Å². The summed E-state index contributed by atoms with van der Waals surface area (Å²) in [7, 11) is 0. The van der Waals surface area contributed by atoms with Gasteiger partial charge in [-0.2, -0.15) is 0 Å². The molecule has 0 bridgehead atoms. The van der Waals surface area contributed by atoms with Crippen LogP contribution in [0.4, 0.5) is 0 Å². The van der Waals surface area contributed by atoms with Crippen molar-refractivity contribution in [2.45, 2.75) is 39.2 Å². The number of rotatable bonds is 6. The van der Waals surface area contributed by atoms with Crippen LogP contribution in [0.15, 0.2) is 47.1 Å². The molecule has 0 fully saturated rings. The number of aromatic nitrogens is 1. The van der Waals surface area contributed by atoms with Gasteiger partial charge < -0.3 is 5.32 Å². The molecule has 2 aromatic rings. The van der Waals surface area contributed by atoms with Crippen molar-refractivity contribution in [2.75, 3.05) is 6.54 Å². The number of pyridine rings is 1. The molecule has 0 radical (unpaired) electrons. The fraction of sp³-hybridized carbons (Fsp3) is 0.389. The average molecular weight is 347 g/mol. The fourth-order valence-corrected chi connectivity index (χ4v) is 2.62. The van der Waals surface area contributed by atoms with Gasteiger partial charge >= 0.3 is 0 Å². The van der Waals surface area contributed by atoms with E-state index in [1.165, 1.54) is 11.1 Å². The molecule has 1 aromatic heterocycles. The first kappa shape index (κ1) is 16.2. The van der Waals surface area contributed by atoms with Gasteiger partial charge in [0.15, 0.2) is 0 Å². The van der Waals surface area contributed by atoms with Gasteiger partial charge in [-0.25, -0.2) is 0 Å². The smallest absolute Gasteiger partial charge is 0.0413 e. The van der Waals surface area contributed by atoms with Crippen molar-refractivity contribution in [3.8, 4) is 0 Å². The van der Waals surface area contributed by atoms with Crippen molar-refractivity contribution in [3.63, 3.8) is 0 Å². The Balaban J connectivity index is 2.17. The summed E-state index contributed by atoms with van der Waals surface area (Å²) in [5.41, 5.74) is 3.83. The first-order valence-electron chi connectivity index (χ1n) is 7.45. The highest BCUT2D eigenvalue weighted by Gasteiger charge is 2.14. The molecule has 112 valence electrons. The van der Waals surface area contributed by atoms with Gasteiger partial charge in [-0.3, -0.25) is 4.98 Å². The van der Waals surface area contributed by atoms with E-state index in [4.69, 9.17) is 0 Å². The molecule has 21 heavy (non-hydrogen) atoms. The van der Waals surface area contributed by atoms with Crippen molar-refractivity contribution in [1.29, 1.82) is 0 Å². The van der Waals surface area contributed by atoms with Gasteiger partial charge in [0, 0.05) is 34.9 Å². The minimum atomic E-state index is 0.445. The van der Waals surface area contributed by atoms with Crippen molar-refractivity contribution in [1.82, 2.24) is 10.3 Å². The molecule has 0 spiro atoms. The van der Waals surface area contributed by atoms with Gasteiger partial charge in [0.1, 0.15) is 0 Å². The van der Waals surface area contributed by atoms with Crippen LogP contribution in [-0.2, 0) is 6.42 Å². The SMILES string of the molecule is Cc1cccc(C(CNC(C)C)Cc2ccc(Br)cn2)c1. The molecule has 0 aliphatic carbocycles. The second kappa shape index (κ2) is 7.71. The van der Waals surface area contributed by atoms with E-state index in [1.54, 1.807) is 0 Å². The molecule has 1 unspecified atom stereocenters. The minimum Gasteiger partial charge on any atom is -0.314 e. The van der Waals surface area contributed by atoms with E-state index >= 15 is 0 Å². The van der Waals surface area contributed by atoms with Gasteiger partial charge in [0.2, 0.25) is 0 Å². The molecular formula is C18H23BrN2. The van der Waals surface area contributed by atoms with Crippen molar-refractivity contribution < 1.29 is 0 Å². The van der Waals surface area contributed by atoms with Crippen LogP contribution in [0, 0.1) is 6.92 Å². The number of benzene rings is 1. The summed E-state index contributed by atoms with van der Waals surface area (Å²) in [6.07, 6.45) is 2.83. The Morgan fingerprint density at radius 2 is 2.00 bits per heavy atom. The molecule has 2 nitrogen and oxygen atoms in total. The lowest BCUT2D eigenvalue weighted by Gasteiger charge is -2.20. The van der Waals surface area contributed by atoms with E-state index in [9.17, 15) is 0 Å². The van der Waals surface area contributed by atoms with Crippen LogP contribution in [0.2, 0.25) is 0 Å². The Bertz CT molecular complexity index is 564. The average Bonchev–Trinajstić information content (AvgIpc) is 2.45. The predicted molar refractivity (Wildman–Crippen MR) is 92.7 cm³/mol. The Morgan fingerprint density at radius 1 is 1.19 bits per heavy atom. The molecule has 1 N–H and O–H groups in total. The zero-order valence-electron chi connectivity index (χ0n) is 12.9. The Kier molecular flexibility index (Phi) is 5.95. The molecule has 1 atom stereocenters. The Morgan fingerprint density at radius 3 is 2.62 bits per heavy atom. The third-order valence-corrected chi connectivity index (χ3v) is 4.00. The molecule has 1 aromatic carbocycles. The molecule has 0 amide bonds. The van der Waals surface area contributed by atoms with E-state index in [1.807, 2.05) is 6.20 Å². The largest absolute Gasteiger partial charge is 0.314 e. The molecular weight excluding hydrogens is 324 g/mol. The zero-order valence-corrected chi connectivity index (χ0v) is 14.5. The van der Waals surface area contributed by atoms with E-state index in [-0.39, 0.29) is 0 Å². The lowest BCUT2D eigenvalue weighted by atomic mass is 9.92. The molecule has 1 heterocycles. The molecule has 2 rings (SSSR count). The second-order valence-electron chi connectivity index (χ2n) is 5.85. The predicted octanol–water partition coefficient (Wildman–Crippen LogP) is 4.48. The summed E-state index contributed by atoms with van der Waals surface area (Å²) in [6, 6.07) is 13.4. The van der Waals surface area contributed by atoms with E-state index in [2.05, 4.69) is 83.4 Å². The van der Waals surface area contributed by atoms with Gasteiger partial charge in [0.25, 0.3) is 0 Å². The monoisotopic (exact) mass is 346 g/mol. The van der Waals surface area contributed by atoms with Crippen molar-refractivity contribution in [2.24, 2.45) is 0 Å². The summed E-state index contributed by atoms with van der Waals surface area (Å²) >= 11 is 3.44. The standard InChI is InChI=1S/C18H23BrN2/c1-13(2)20-11-16(15-6-4-5-14(3)9-15)10-18-8-7-17(19)12-21-18/h4-9,12-13,16,20H,10-11H2,1-3H3. The van der Waals surface area contributed by atoms with Crippen LogP contribution in [0.25, 0.3) is 0 Å². The first-order chi connectivity index (χ1) is 10.0. The van der Waals surface area contributed by atoms with Crippen LogP contribution >= 0.6 is 15.9 Å². The van der Waals surface area contributed by atoms with Gasteiger partial charge in [-0.1, -0.05) is 43.7 Å². The molecule has 0 aliphatic rings. The summed E-state index contributed by atoms with van der Waals surface area (Å²) < 4.78 is 1.03. The summed E-state index contributed by atoms with van der Waals surface area (Å²) in [5, 5.41) is 3.56. The van der Waals surface area contributed by atoms with Crippen molar-refractivity contribution in [3.05, 3.63) is 63.9 Å². The van der Waals surface area contributed by atoms with Gasteiger partial charge in [-0.15, -0.1) is 0 Å². The number of hydrogen-bond acceptors (Lipinski definition) is 2. The first-order valence-corrected chi connectivity index (χ1v) is 8.24. The summed E-state index contributed by atoms with van der Waals surface area (Å²) in [5.74, 6) is 0.445. The number of aryl methyl sites for hydroxylation is 1. The molecule has 3 heteroatoms. The maximum absolute atomic E-state index is 4.52. The lowest BCUT2D eigenvalue weighted by Crippen LogP contribution is -2.29. The summed E-state index contributed by atoms with van der Waals surface area (Å²) in [4.78, 5) is 4.52. The zero-order chi connectivity index (χ0) is 15.2. The van der Waals surface area contributed by atoms with Crippen LogP contribution in [0.5, 0.6) is 0 Å². The third kappa shape index (κ3) is 5.25. The highest BCUT2D eigenvalue weighted by molar-refractivity contribution is 9.10. The van der Waals surface area contributed by atoms with Gasteiger partial charge in [0.05, 0.1) is 0 Å². The Labute approximate surface area is 136 Å². The maximum Gasteiger partial charge on any atom is 0.0413 e. The van der Waals surface area contributed by atoms with E-state index < -0.39 is 0 Å². The number of halogens is 1. The Hall–Kier alpha value is -1.19. The molecule has 0 aliphatic heterocycles. The normalized spacial score (nSPS) is 12.6. The molecule has 0 saturated carbocycles. The van der Waals surface area contributed by atoms with Crippen LogP contribution in [-0.4, -0.2) is 17.6 Å². The third-order valence-electron chi connectivity index (χ3n) is 3.53.